The van der Waals surface area contributed by atoms with Crippen LogP contribution in [0.4, 0.5) is 0 Å². The SMILES string of the molecule is COc1ccc(C(=O)[C@H](C)Sc2nnc(-c3ccc4c(c3)OCO4)o2)cc1. The number of aromatic nitrogens is 2. The number of nitrogens with zero attached hydrogens (tertiary/aromatic N) is 2. The summed E-state index contributed by atoms with van der Waals surface area (Å²) in [4.78, 5) is 12.6. The molecule has 0 saturated carbocycles. The van der Waals surface area contributed by atoms with Crippen molar-refractivity contribution in [2.24, 2.45) is 0 Å². The van der Waals surface area contributed by atoms with Gasteiger partial charge in [0.2, 0.25) is 12.7 Å². The van der Waals surface area contributed by atoms with Crippen LogP contribution in [-0.2, 0) is 0 Å². The normalized spacial score (nSPS) is 13.4. The first kappa shape index (κ1) is 17.4. The molecule has 4 rings (SSSR count). The average molecular weight is 384 g/mol. The molecule has 0 unspecified atom stereocenters. The van der Waals surface area contributed by atoms with Crippen molar-refractivity contribution in [3.05, 3.63) is 48.0 Å². The fourth-order valence-corrected chi connectivity index (χ4v) is 3.36. The van der Waals surface area contributed by atoms with Gasteiger partial charge in [0, 0.05) is 11.1 Å². The number of ketones is 1. The number of hydrogen-bond donors (Lipinski definition) is 0. The van der Waals surface area contributed by atoms with Crippen LogP contribution < -0.4 is 14.2 Å². The molecule has 138 valence electrons. The predicted molar refractivity (Wildman–Crippen MR) is 98.5 cm³/mol. The van der Waals surface area contributed by atoms with Crippen molar-refractivity contribution in [1.29, 1.82) is 0 Å². The first-order valence-corrected chi connectivity index (χ1v) is 9.10. The van der Waals surface area contributed by atoms with Gasteiger partial charge in [-0.05, 0) is 49.4 Å². The van der Waals surface area contributed by atoms with Gasteiger partial charge in [0.15, 0.2) is 17.3 Å². The minimum Gasteiger partial charge on any atom is -0.497 e. The summed E-state index contributed by atoms with van der Waals surface area (Å²) in [6.07, 6.45) is 0. The van der Waals surface area contributed by atoms with Gasteiger partial charge in [-0.15, -0.1) is 10.2 Å². The highest BCUT2D eigenvalue weighted by Crippen LogP contribution is 2.36. The molecule has 27 heavy (non-hydrogen) atoms. The third-order valence-electron chi connectivity index (χ3n) is 4.05. The van der Waals surface area contributed by atoms with Gasteiger partial charge in [-0.25, -0.2) is 0 Å². The Balaban J connectivity index is 1.46. The molecule has 0 fully saturated rings. The van der Waals surface area contributed by atoms with E-state index < -0.39 is 0 Å². The van der Waals surface area contributed by atoms with Gasteiger partial charge in [-0.3, -0.25) is 4.79 Å². The van der Waals surface area contributed by atoms with E-state index in [4.69, 9.17) is 18.6 Å². The van der Waals surface area contributed by atoms with Crippen molar-refractivity contribution in [2.75, 3.05) is 13.9 Å². The van der Waals surface area contributed by atoms with Gasteiger partial charge in [0.05, 0.1) is 12.4 Å². The van der Waals surface area contributed by atoms with Gasteiger partial charge >= 0.3 is 0 Å². The molecular formula is C19H16N2O5S. The predicted octanol–water partition coefficient (Wildman–Crippen LogP) is 3.84. The number of methoxy groups -OCH3 is 1. The lowest BCUT2D eigenvalue weighted by Gasteiger charge is -2.08. The van der Waals surface area contributed by atoms with Crippen LogP contribution >= 0.6 is 11.8 Å². The second-order valence-corrected chi connectivity index (χ2v) is 7.09. The lowest BCUT2D eigenvalue weighted by molar-refractivity contribution is 0.0993. The molecule has 1 atom stereocenters. The summed E-state index contributed by atoms with van der Waals surface area (Å²) in [6.45, 7) is 2.01. The minimum absolute atomic E-state index is 0.0227. The maximum Gasteiger partial charge on any atom is 0.277 e. The molecule has 1 aliphatic rings. The van der Waals surface area contributed by atoms with E-state index in [0.717, 1.165) is 5.56 Å². The monoisotopic (exact) mass is 384 g/mol. The van der Waals surface area contributed by atoms with Crippen molar-refractivity contribution >= 4 is 17.5 Å². The van der Waals surface area contributed by atoms with E-state index in [1.54, 1.807) is 43.5 Å². The Morgan fingerprint density at radius 3 is 2.67 bits per heavy atom. The number of hydrogen-bond acceptors (Lipinski definition) is 8. The van der Waals surface area contributed by atoms with E-state index in [0.29, 0.717) is 33.9 Å². The van der Waals surface area contributed by atoms with Crippen LogP contribution in [-0.4, -0.2) is 35.1 Å². The molecule has 0 N–H and O–H groups in total. The Morgan fingerprint density at radius 1 is 1.11 bits per heavy atom. The van der Waals surface area contributed by atoms with Crippen molar-refractivity contribution in [2.45, 2.75) is 17.4 Å². The summed E-state index contributed by atoms with van der Waals surface area (Å²) in [7, 11) is 1.59. The molecule has 1 aliphatic heterocycles. The minimum atomic E-state index is -0.372. The van der Waals surface area contributed by atoms with Crippen molar-refractivity contribution in [3.8, 4) is 28.7 Å². The van der Waals surface area contributed by atoms with Crippen LogP contribution in [0.2, 0.25) is 0 Å². The number of Topliss-reactive ketones (excluding diaryl/α,β-unsaturated/α-hetero) is 1. The van der Waals surface area contributed by atoms with Crippen LogP contribution in [0, 0.1) is 0 Å². The second-order valence-electron chi connectivity index (χ2n) is 5.79. The van der Waals surface area contributed by atoms with Crippen LogP contribution in [0.1, 0.15) is 17.3 Å². The van der Waals surface area contributed by atoms with Gasteiger partial charge in [-0.1, -0.05) is 11.8 Å². The highest BCUT2D eigenvalue weighted by Gasteiger charge is 2.21. The van der Waals surface area contributed by atoms with Gasteiger partial charge in [0.25, 0.3) is 5.22 Å². The number of fused-ring (bicyclic) bond motifs is 1. The topological polar surface area (TPSA) is 83.7 Å². The molecule has 1 aromatic heterocycles. The number of rotatable bonds is 6. The molecule has 7 nitrogen and oxygen atoms in total. The van der Waals surface area contributed by atoms with Crippen molar-refractivity contribution in [1.82, 2.24) is 10.2 Å². The summed E-state index contributed by atoms with van der Waals surface area (Å²) in [5, 5.41) is 8.05. The second kappa shape index (κ2) is 7.32. The summed E-state index contributed by atoms with van der Waals surface area (Å²) in [6, 6.07) is 12.4. The Morgan fingerprint density at radius 2 is 1.89 bits per heavy atom. The molecule has 2 heterocycles. The lowest BCUT2D eigenvalue weighted by Crippen LogP contribution is -2.13. The maximum absolute atomic E-state index is 12.6. The van der Waals surface area contributed by atoms with Gasteiger partial charge in [0.1, 0.15) is 5.75 Å². The molecule has 0 saturated heterocycles. The molecule has 0 radical (unpaired) electrons. The standard InChI is InChI=1S/C19H16N2O5S/c1-11(17(22)12-3-6-14(23-2)7-4-12)27-19-21-20-18(26-19)13-5-8-15-16(9-13)25-10-24-15/h3-9,11H,10H2,1-2H3/t11-/m0/s1. The fourth-order valence-electron chi connectivity index (χ4n) is 2.60. The first-order chi connectivity index (χ1) is 13.1. The first-order valence-electron chi connectivity index (χ1n) is 8.22. The van der Waals surface area contributed by atoms with E-state index in [1.807, 2.05) is 13.0 Å². The summed E-state index contributed by atoms with van der Waals surface area (Å²) in [5.41, 5.74) is 1.33. The van der Waals surface area contributed by atoms with E-state index in [9.17, 15) is 4.79 Å². The molecule has 0 aliphatic carbocycles. The number of benzene rings is 2. The zero-order valence-electron chi connectivity index (χ0n) is 14.7. The van der Waals surface area contributed by atoms with E-state index >= 15 is 0 Å². The third-order valence-corrected chi connectivity index (χ3v) is 4.98. The number of ether oxygens (including phenoxy) is 3. The zero-order valence-corrected chi connectivity index (χ0v) is 15.5. The number of carbonyl (C=O) groups is 1. The third kappa shape index (κ3) is 3.61. The smallest absolute Gasteiger partial charge is 0.277 e. The molecule has 0 spiro atoms. The van der Waals surface area contributed by atoms with Crippen LogP contribution in [0.5, 0.6) is 17.2 Å². The molecular weight excluding hydrogens is 368 g/mol. The Labute approximate surface area is 159 Å². The van der Waals surface area contributed by atoms with Crippen molar-refractivity contribution in [3.63, 3.8) is 0 Å². The van der Waals surface area contributed by atoms with E-state index in [-0.39, 0.29) is 17.8 Å². The number of thioether (sulfide) groups is 1. The lowest BCUT2D eigenvalue weighted by atomic mass is 10.1. The summed E-state index contributed by atoms with van der Waals surface area (Å²) in [5.74, 6) is 2.37. The van der Waals surface area contributed by atoms with Gasteiger partial charge in [-0.2, -0.15) is 0 Å². The fraction of sp³-hybridized carbons (Fsp3) is 0.211. The van der Waals surface area contributed by atoms with E-state index in [2.05, 4.69) is 10.2 Å². The zero-order chi connectivity index (χ0) is 18.8. The maximum atomic E-state index is 12.6. The van der Waals surface area contributed by atoms with Crippen LogP contribution in [0.25, 0.3) is 11.5 Å². The Hall–Kier alpha value is -3.00. The van der Waals surface area contributed by atoms with Crippen LogP contribution in [0.3, 0.4) is 0 Å². The quantitative estimate of drug-likeness (QED) is 0.468. The van der Waals surface area contributed by atoms with Gasteiger partial charge < -0.3 is 18.6 Å². The number of carbonyl (C=O) groups excluding carboxylic acids is 1. The molecule has 8 heteroatoms. The Kier molecular flexibility index (Phi) is 4.72. The molecule has 0 amide bonds. The average Bonchev–Trinajstić information content (AvgIpc) is 3.36. The molecule has 2 aromatic carbocycles. The summed E-state index contributed by atoms with van der Waals surface area (Å²) < 4.78 is 21.5. The highest BCUT2D eigenvalue weighted by molar-refractivity contribution is 8.00. The van der Waals surface area contributed by atoms with Crippen LogP contribution in [0.15, 0.2) is 52.1 Å². The molecule has 3 aromatic rings. The Bertz CT molecular complexity index is 970. The van der Waals surface area contributed by atoms with Crippen molar-refractivity contribution < 1.29 is 23.4 Å². The van der Waals surface area contributed by atoms with E-state index in [1.165, 1.54) is 11.8 Å². The summed E-state index contributed by atoms with van der Waals surface area (Å²) >= 11 is 1.22. The largest absolute Gasteiger partial charge is 0.497 e. The highest BCUT2D eigenvalue weighted by atomic mass is 32.2. The molecule has 0 bridgehead atoms.